The number of thioether (sulfide) groups is 1. The Hall–Kier alpha value is -2.00. The number of nitrogens with zero attached hydrogens (tertiary/aromatic N) is 3. The largest absolute Gasteiger partial charge is 0.459 e. The number of halogens is 2. The lowest BCUT2D eigenvalue weighted by atomic mass is 10.4. The number of hydrogen-bond donors (Lipinski definition) is 0. The molecule has 0 saturated heterocycles. The molecule has 0 amide bonds. The minimum atomic E-state index is -2.44. The van der Waals surface area contributed by atoms with E-state index in [-0.39, 0.29) is 11.3 Å². The van der Waals surface area contributed by atoms with Crippen LogP contribution in [0.4, 0.5) is 8.78 Å². The predicted octanol–water partition coefficient (Wildman–Crippen LogP) is 3.70. The van der Waals surface area contributed by atoms with Crippen molar-refractivity contribution in [3.63, 3.8) is 0 Å². The topological polar surface area (TPSA) is 60.4 Å². The van der Waals surface area contributed by atoms with Crippen LogP contribution in [-0.4, -0.2) is 21.6 Å². The van der Waals surface area contributed by atoms with Gasteiger partial charge in [0.2, 0.25) is 0 Å². The lowest BCUT2D eigenvalue weighted by molar-refractivity contribution is 0.251. The van der Waals surface area contributed by atoms with Crippen molar-refractivity contribution in [2.45, 2.75) is 18.4 Å². The van der Waals surface area contributed by atoms with Crippen molar-refractivity contribution in [3.8, 4) is 0 Å². The molecule has 0 aromatic carbocycles. The van der Waals surface area contributed by atoms with Gasteiger partial charge in [0.15, 0.2) is 0 Å². The molecule has 3 rings (SSSR count). The first-order valence-electron chi connectivity index (χ1n) is 6.54. The zero-order chi connectivity index (χ0) is 16.4. The highest BCUT2D eigenvalue weighted by atomic mass is 32.2. The first-order chi connectivity index (χ1) is 11.0. The molecule has 3 aromatic rings. The molecule has 0 fully saturated rings. The summed E-state index contributed by atoms with van der Waals surface area (Å²) >= 11 is 1.88. The molecule has 0 aliphatic rings. The second-order valence-electron chi connectivity index (χ2n) is 4.54. The highest BCUT2D eigenvalue weighted by molar-refractivity contribution is 7.98. The summed E-state index contributed by atoms with van der Waals surface area (Å²) in [5.74, 6) is -1.10. The Morgan fingerprint density at radius 2 is 2.30 bits per heavy atom. The molecule has 23 heavy (non-hydrogen) atoms. The second kappa shape index (κ2) is 6.63. The maximum Gasteiger partial charge on any atom is 0.284 e. The minimum absolute atomic E-state index is 0.0763. The summed E-state index contributed by atoms with van der Waals surface area (Å²) in [6.45, 7) is 1.69. The molecule has 3 aromatic heterocycles. The molecule has 0 N–H and O–H groups in total. The number of fused-ring (bicyclic) bond motifs is 1. The number of alkyl halides is 2. The first-order valence-corrected chi connectivity index (χ1v) is 8.47. The Morgan fingerprint density at radius 3 is 3.09 bits per heavy atom. The van der Waals surface area contributed by atoms with Gasteiger partial charge < -0.3 is 4.42 Å². The van der Waals surface area contributed by atoms with Crippen molar-refractivity contribution < 1.29 is 13.2 Å². The highest BCUT2D eigenvalue weighted by Gasteiger charge is 2.09. The van der Waals surface area contributed by atoms with E-state index < -0.39 is 5.76 Å². The lowest BCUT2D eigenvalue weighted by Gasteiger charge is -2.01. The fourth-order valence-corrected chi connectivity index (χ4v) is 3.19. The van der Waals surface area contributed by atoms with E-state index in [4.69, 9.17) is 4.42 Å². The van der Waals surface area contributed by atoms with Gasteiger partial charge in [-0.25, -0.2) is 4.98 Å². The fraction of sp³-hybridized carbons (Fsp3) is 0.214. The number of thiophene rings is 1. The third-order valence-electron chi connectivity index (χ3n) is 2.97. The second-order valence-corrected chi connectivity index (χ2v) is 6.41. The Balaban J connectivity index is 1.84. The fourth-order valence-electron chi connectivity index (χ4n) is 1.94. The van der Waals surface area contributed by atoms with Gasteiger partial charge in [-0.3, -0.25) is 4.79 Å². The zero-order valence-corrected chi connectivity index (χ0v) is 13.5. The van der Waals surface area contributed by atoms with E-state index in [1.165, 1.54) is 22.2 Å². The minimum Gasteiger partial charge on any atom is -0.459 e. The Kier molecular flexibility index (Phi) is 4.58. The van der Waals surface area contributed by atoms with E-state index in [1.54, 1.807) is 30.5 Å². The van der Waals surface area contributed by atoms with Crippen molar-refractivity contribution in [2.24, 2.45) is 5.10 Å². The van der Waals surface area contributed by atoms with E-state index in [0.717, 1.165) is 0 Å². The maximum atomic E-state index is 12.3. The summed E-state index contributed by atoms with van der Waals surface area (Å²) in [4.78, 5) is 17.3. The van der Waals surface area contributed by atoms with Gasteiger partial charge in [0, 0.05) is 0 Å². The van der Waals surface area contributed by atoms with Crippen LogP contribution in [0.3, 0.4) is 0 Å². The average Bonchev–Trinajstić information content (AvgIpc) is 3.13. The molecule has 0 radical (unpaired) electrons. The van der Waals surface area contributed by atoms with E-state index in [0.29, 0.717) is 39.3 Å². The van der Waals surface area contributed by atoms with E-state index >= 15 is 0 Å². The van der Waals surface area contributed by atoms with Crippen LogP contribution < -0.4 is 5.56 Å². The quantitative estimate of drug-likeness (QED) is 0.655. The van der Waals surface area contributed by atoms with Gasteiger partial charge in [0.1, 0.15) is 22.2 Å². The predicted molar refractivity (Wildman–Crippen MR) is 87.6 cm³/mol. The third-order valence-corrected chi connectivity index (χ3v) is 4.48. The number of rotatable bonds is 5. The highest BCUT2D eigenvalue weighted by Crippen LogP contribution is 2.20. The normalized spacial score (nSPS) is 12.0. The molecule has 5 nitrogen and oxygen atoms in total. The van der Waals surface area contributed by atoms with Crippen molar-refractivity contribution in [2.75, 3.05) is 0 Å². The molecule has 120 valence electrons. The number of aryl methyl sites for hydroxylation is 1. The van der Waals surface area contributed by atoms with Crippen LogP contribution in [0.25, 0.3) is 10.2 Å². The van der Waals surface area contributed by atoms with E-state index in [2.05, 4.69) is 10.1 Å². The standard InChI is InChI=1S/C14H11F2N3O2S2/c1-8-18-12-11(4-5-22-12)13(20)19(8)17-6-9-2-3-10(21-9)7-23-14(15)16/h2-6,14H,7H2,1H3/b17-6-. The van der Waals surface area contributed by atoms with Crippen LogP contribution in [0.1, 0.15) is 17.3 Å². The molecule has 0 unspecified atom stereocenters. The van der Waals surface area contributed by atoms with Crippen LogP contribution in [-0.2, 0) is 5.75 Å². The number of hydrogen-bond acceptors (Lipinski definition) is 6. The molecular weight excluding hydrogens is 344 g/mol. The molecule has 0 saturated carbocycles. The molecule has 0 bridgehead atoms. The van der Waals surface area contributed by atoms with Crippen molar-refractivity contribution in [3.05, 3.63) is 51.3 Å². The van der Waals surface area contributed by atoms with Crippen LogP contribution in [0.5, 0.6) is 0 Å². The molecule has 0 atom stereocenters. The Bertz CT molecular complexity index is 914. The van der Waals surface area contributed by atoms with Gasteiger partial charge in [-0.1, -0.05) is 11.8 Å². The summed E-state index contributed by atoms with van der Waals surface area (Å²) < 4.78 is 30.8. The van der Waals surface area contributed by atoms with Crippen molar-refractivity contribution in [1.29, 1.82) is 0 Å². The molecule has 0 aliphatic heterocycles. The van der Waals surface area contributed by atoms with E-state index in [9.17, 15) is 13.6 Å². The van der Waals surface area contributed by atoms with Crippen LogP contribution in [0.15, 0.2) is 37.9 Å². The van der Waals surface area contributed by atoms with Gasteiger partial charge in [-0.05, 0) is 30.5 Å². The lowest BCUT2D eigenvalue weighted by Crippen LogP contribution is -2.19. The van der Waals surface area contributed by atoms with Gasteiger partial charge in [-0.15, -0.1) is 11.3 Å². The zero-order valence-electron chi connectivity index (χ0n) is 11.9. The Labute approximate surface area is 137 Å². The Morgan fingerprint density at radius 1 is 1.48 bits per heavy atom. The smallest absolute Gasteiger partial charge is 0.284 e. The van der Waals surface area contributed by atoms with Crippen molar-refractivity contribution in [1.82, 2.24) is 9.66 Å². The average molecular weight is 355 g/mol. The molecule has 9 heteroatoms. The monoisotopic (exact) mass is 355 g/mol. The van der Waals surface area contributed by atoms with Gasteiger partial charge >= 0.3 is 0 Å². The molecule has 0 aliphatic carbocycles. The summed E-state index contributed by atoms with van der Waals surface area (Å²) in [6, 6.07) is 4.92. The van der Waals surface area contributed by atoms with Gasteiger partial charge in [0.25, 0.3) is 11.3 Å². The van der Waals surface area contributed by atoms with Crippen LogP contribution in [0, 0.1) is 6.92 Å². The van der Waals surface area contributed by atoms with E-state index in [1.807, 2.05) is 0 Å². The summed E-state index contributed by atoms with van der Waals surface area (Å²) in [7, 11) is 0. The SMILES string of the molecule is Cc1nc2sccc2c(=O)n1/N=C\c1ccc(CSC(F)F)o1. The number of furan rings is 1. The van der Waals surface area contributed by atoms with Gasteiger partial charge in [0.05, 0.1) is 17.4 Å². The summed E-state index contributed by atoms with van der Waals surface area (Å²) in [5, 5.41) is 6.39. The van der Waals surface area contributed by atoms with Crippen molar-refractivity contribution >= 4 is 39.5 Å². The number of aromatic nitrogens is 2. The molecule has 0 spiro atoms. The van der Waals surface area contributed by atoms with Crippen LogP contribution in [0.2, 0.25) is 0 Å². The maximum absolute atomic E-state index is 12.3. The molecular formula is C14H11F2N3O2S2. The van der Waals surface area contributed by atoms with Gasteiger partial charge in [-0.2, -0.15) is 18.6 Å². The first kappa shape index (κ1) is 15.9. The van der Waals surface area contributed by atoms with Crippen LogP contribution >= 0.6 is 23.1 Å². The molecule has 3 heterocycles. The summed E-state index contributed by atoms with van der Waals surface area (Å²) in [6.07, 6.45) is 1.37. The summed E-state index contributed by atoms with van der Waals surface area (Å²) in [5.41, 5.74) is -0.259. The third kappa shape index (κ3) is 3.50.